The van der Waals surface area contributed by atoms with Crippen molar-refractivity contribution in [3.05, 3.63) is 29.6 Å². The van der Waals surface area contributed by atoms with Crippen LogP contribution >= 0.6 is 0 Å². The van der Waals surface area contributed by atoms with E-state index >= 15 is 0 Å². The van der Waals surface area contributed by atoms with Gasteiger partial charge in [-0.2, -0.15) is 0 Å². The predicted octanol–water partition coefficient (Wildman–Crippen LogP) is 4.32. The lowest BCUT2D eigenvalue weighted by atomic mass is 9.94. The molecule has 0 unspecified atom stereocenters. The Balaban J connectivity index is 0.000000791. The van der Waals surface area contributed by atoms with Gasteiger partial charge in [0, 0.05) is 11.9 Å². The first kappa shape index (κ1) is 13.2. The Kier molecular flexibility index (Phi) is 7.09. The summed E-state index contributed by atoms with van der Waals surface area (Å²) < 4.78 is 0. The minimum Gasteiger partial charge on any atom is -0.262 e. The number of pyridine rings is 1. The van der Waals surface area contributed by atoms with E-state index in [-0.39, 0.29) is 0 Å². The van der Waals surface area contributed by atoms with Crippen molar-refractivity contribution in [2.45, 2.75) is 53.4 Å². The highest BCUT2D eigenvalue weighted by atomic mass is 14.6. The quantitative estimate of drug-likeness (QED) is 0.696. The van der Waals surface area contributed by atoms with Gasteiger partial charge in [-0.25, -0.2) is 0 Å². The van der Waals surface area contributed by atoms with Gasteiger partial charge in [0.05, 0.1) is 0 Å². The van der Waals surface area contributed by atoms with Crippen molar-refractivity contribution in [1.82, 2.24) is 4.98 Å². The summed E-state index contributed by atoms with van der Waals surface area (Å²) in [4.78, 5) is 4.19. The molecular weight excluding hydrogens is 170 g/mol. The first-order chi connectivity index (χ1) is 6.77. The van der Waals surface area contributed by atoms with Crippen molar-refractivity contribution < 1.29 is 0 Å². The van der Waals surface area contributed by atoms with Crippen LogP contribution in [0.3, 0.4) is 0 Å². The molecule has 0 bridgehead atoms. The average Bonchev–Trinajstić information content (AvgIpc) is 2.23. The Bertz CT molecular complexity index is 239. The fourth-order valence-corrected chi connectivity index (χ4v) is 1.58. The Labute approximate surface area is 88.6 Å². The van der Waals surface area contributed by atoms with Crippen LogP contribution in [0.5, 0.6) is 0 Å². The van der Waals surface area contributed by atoms with Gasteiger partial charge >= 0.3 is 0 Å². The van der Waals surface area contributed by atoms with Crippen LogP contribution in [0.1, 0.15) is 57.7 Å². The summed E-state index contributed by atoms with van der Waals surface area (Å²) in [6.45, 7) is 10.5. The molecular formula is C13H23N. The van der Waals surface area contributed by atoms with Crippen molar-refractivity contribution in [2.75, 3.05) is 0 Å². The number of hydrogen-bond acceptors (Lipinski definition) is 1. The summed E-state index contributed by atoms with van der Waals surface area (Å²) in [7, 11) is 0. The predicted molar refractivity (Wildman–Crippen MR) is 63.6 cm³/mol. The summed E-state index contributed by atoms with van der Waals surface area (Å²) >= 11 is 0. The lowest BCUT2D eigenvalue weighted by molar-refractivity contribution is 0.640. The third-order valence-electron chi connectivity index (χ3n) is 2.38. The van der Waals surface area contributed by atoms with Crippen molar-refractivity contribution in [2.24, 2.45) is 0 Å². The lowest BCUT2D eigenvalue weighted by Crippen LogP contribution is -1.96. The van der Waals surface area contributed by atoms with E-state index in [2.05, 4.69) is 31.0 Å². The van der Waals surface area contributed by atoms with Gasteiger partial charge < -0.3 is 0 Å². The second-order valence-electron chi connectivity index (χ2n) is 3.24. The Morgan fingerprint density at radius 1 is 1.21 bits per heavy atom. The molecule has 14 heavy (non-hydrogen) atoms. The summed E-state index contributed by atoms with van der Waals surface area (Å²) in [6, 6.07) is 4.32. The molecule has 0 aliphatic heterocycles. The minimum absolute atomic E-state index is 0.715. The first-order valence-corrected chi connectivity index (χ1v) is 5.70. The largest absolute Gasteiger partial charge is 0.262 e. The summed E-state index contributed by atoms with van der Waals surface area (Å²) in [6.07, 6.45) is 4.35. The Morgan fingerprint density at radius 2 is 1.79 bits per heavy atom. The number of rotatable bonds is 3. The van der Waals surface area contributed by atoms with E-state index in [4.69, 9.17) is 0 Å². The molecule has 0 aromatic carbocycles. The van der Waals surface area contributed by atoms with Crippen LogP contribution in [-0.2, 0) is 0 Å². The molecule has 0 saturated carbocycles. The Hall–Kier alpha value is -0.850. The molecule has 0 atom stereocenters. The second-order valence-corrected chi connectivity index (χ2v) is 3.24. The van der Waals surface area contributed by atoms with Gasteiger partial charge in [0.2, 0.25) is 0 Å². The van der Waals surface area contributed by atoms with Crippen LogP contribution in [0.25, 0.3) is 0 Å². The van der Waals surface area contributed by atoms with Gasteiger partial charge in [-0.3, -0.25) is 4.98 Å². The highest BCUT2D eigenvalue weighted by Gasteiger charge is 2.05. The molecule has 1 aromatic rings. The summed E-state index contributed by atoms with van der Waals surface area (Å²) in [5.74, 6) is 0.715. The molecule has 1 aromatic heterocycles. The van der Waals surface area contributed by atoms with Crippen LogP contribution in [0, 0.1) is 6.92 Å². The molecule has 1 heterocycles. The third kappa shape index (κ3) is 3.91. The zero-order valence-corrected chi connectivity index (χ0v) is 10.2. The molecule has 1 heteroatoms. The molecule has 1 nitrogen and oxygen atoms in total. The standard InChI is InChI=1S/C11H17N.C2H6/c1-4-10(5-2)11-6-7-12-9(3)8-11;1-2/h6-8,10H,4-5H2,1-3H3;1-2H3. The summed E-state index contributed by atoms with van der Waals surface area (Å²) in [5, 5.41) is 0. The van der Waals surface area contributed by atoms with Crippen LogP contribution in [0.2, 0.25) is 0 Å². The maximum Gasteiger partial charge on any atom is 0.0375 e. The van der Waals surface area contributed by atoms with E-state index < -0.39 is 0 Å². The zero-order chi connectivity index (χ0) is 11.0. The topological polar surface area (TPSA) is 12.9 Å². The maximum absolute atomic E-state index is 4.19. The molecule has 0 aliphatic carbocycles. The first-order valence-electron chi connectivity index (χ1n) is 5.70. The Morgan fingerprint density at radius 3 is 2.21 bits per heavy atom. The molecule has 0 N–H and O–H groups in total. The van der Waals surface area contributed by atoms with E-state index in [1.54, 1.807) is 0 Å². The molecule has 0 aliphatic rings. The van der Waals surface area contributed by atoms with Crippen molar-refractivity contribution in [1.29, 1.82) is 0 Å². The highest BCUT2D eigenvalue weighted by Crippen LogP contribution is 2.22. The van der Waals surface area contributed by atoms with Crippen LogP contribution in [-0.4, -0.2) is 4.98 Å². The van der Waals surface area contributed by atoms with Gasteiger partial charge in [0.15, 0.2) is 0 Å². The monoisotopic (exact) mass is 193 g/mol. The van der Waals surface area contributed by atoms with Crippen LogP contribution < -0.4 is 0 Å². The molecule has 0 spiro atoms. The maximum atomic E-state index is 4.19. The highest BCUT2D eigenvalue weighted by molar-refractivity contribution is 5.19. The summed E-state index contributed by atoms with van der Waals surface area (Å²) in [5.41, 5.74) is 2.56. The number of aryl methyl sites for hydroxylation is 1. The van der Waals surface area contributed by atoms with Gasteiger partial charge in [-0.15, -0.1) is 0 Å². The molecule has 0 fully saturated rings. The van der Waals surface area contributed by atoms with Crippen molar-refractivity contribution in [3.63, 3.8) is 0 Å². The van der Waals surface area contributed by atoms with Crippen LogP contribution in [0.15, 0.2) is 18.3 Å². The van der Waals surface area contributed by atoms with E-state index in [0.717, 1.165) is 5.69 Å². The minimum atomic E-state index is 0.715. The smallest absolute Gasteiger partial charge is 0.0375 e. The third-order valence-corrected chi connectivity index (χ3v) is 2.38. The normalized spacial score (nSPS) is 9.57. The fourth-order valence-electron chi connectivity index (χ4n) is 1.58. The van der Waals surface area contributed by atoms with Gasteiger partial charge in [-0.1, -0.05) is 27.7 Å². The number of nitrogens with zero attached hydrogens (tertiary/aromatic N) is 1. The molecule has 80 valence electrons. The number of hydrogen-bond donors (Lipinski definition) is 0. The molecule has 0 radical (unpaired) electrons. The SMILES string of the molecule is CC.CCC(CC)c1ccnc(C)c1. The molecule has 1 rings (SSSR count). The van der Waals surface area contributed by atoms with E-state index in [9.17, 15) is 0 Å². The van der Waals surface area contributed by atoms with Gasteiger partial charge in [0.1, 0.15) is 0 Å². The van der Waals surface area contributed by atoms with E-state index in [0.29, 0.717) is 5.92 Å². The average molecular weight is 193 g/mol. The zero-order valence-electron chi connectivity index (χ0n) is 10.2. The van der Waals surface area contributed by atoms with Crippen molar-refractivity contribution >= 4 is 0 Å². The second kappa shape index (κ2) is 7.54. The number of aromatic nitrogens is 1. The van der Waals surface area contributed by atoms with Gasteiger partial charge in [-0.05, 0) is 43.4 Å². The van der Waals surface area contributed by atoms with E-state index in [1.165, 1.54) is 18.4 Å². The van der Waals surface area contributed by atoms with Crippen molar-refractivity contribution in [3.8, 4) is 0 Å². The molecule has 0 saturated heterocycles. The fraction of sp³-hybridized carbons (Fsp3) is 0.615. The van der Waals surface area contributed by atoms with Crippen LogP contribution in [0.4, 0.5) is 0 Å². The van der Waals surface area contributed by atoms with E-state index in [1.807, 2.05) is 27.0 Å². The molecule has 0 amide bonds. The lowest BCUT2D eigenvalue weighted by Gasteiger charge is -2.12. The van der Waals surface area contributed by atoms with Gasteiger partial charge in [0.25, 0.3) is 0 Å².